The summed E-state index contributed by atoms with van der Waals surface area (Å²) in [5, 5.41) is 0. The number of carbonyl (C=O) groups is 1. The van der Waals surface area contributed by atoms with E-state index >= 15 is 0 Å². The molecule has 0 rings (SSSR count). The van der Waals surface area contributed by atoms with Crippen LogP contribution in [0, 0.1) is 5.92 Å². The molecule has 0 radical (unpaired) electrons. The SMILES string of the molecule is CC=CCCC=CCCC(=O)C(C)C. The number of allylic oxidation sites excluding steroid dienone is 4. The second kappa shape index (κ2) is 8.74. The zero-order valence-electron chi connectivity index (χ0n) is 9.62. The average Bonchev–Trinajstić information content (AvgIpc) is 2.16. The van der Waals surface area contributed by atoms with Gasteiger partial charge in [0.2, 0.25) is 0 Å². The molecule has 0 aromatic rings. The van der Waals surface area contributed by atoms with Gasteiger partial charge < -0.3 is 0 Å². The van der Waals surface area contributed by atoms with E-state index in [1.165, 1.54) is 0 Å². The fraction of sp³-hybridized carbons (Fsp3) is 0.615. The third kappa shape index (κ3) is 7.78. The number of carbonyl (C=O) groups excluding carboxylic acids is 1. The lowest BCUT2D eigenvalue weighted by Crippen LogP contribution is -2.05. The minimum absolute atomic E-state index is 0.187. The number of unbranched alkanes of at least 4 members (excludes halogenated alkanes) is 1. The van der Waals surface area contributed by atoms with Crippen LogP contribution in [-0.2, 0) is 4.79 Å². The van der Waals surface area contributed by atoms with Gasteiger partial charge in [-0.25, -0.2) is 0 Å². The van der Waals surface area contributed by atoms with Gasteiger partial charge in [-0.3, -0.25) is 4.79 Å². The third-order valence-electron chi connectivity index (χ3n) is 2.10. The molecule has 0 aliphatic heterocycles. The second-order valence-electron chi connectivity index (χ2n) is 3.78. The fourth-order valence-electron chi connectivity index (χ4n) is 1.11. The van der Waals surface area contributed by atoms with Crippen LogP contribution in [0.5, 0.6) is 0 Å². The van der Waals surface area contributed by atoms with Crippen LogP contribution in [0.25, 0.3) is 0 Å². The average molecular weight is 194 g/mol. The van der Waals surface area contributed by atoms with Crippen LogP contribution in [0.3, 0.4) is 0 Å². The van der Waals surface area contributed by atoms with E-state index in [1.807, 2.05) is 20.8 Å². The maximum absolute atomic E-state index is 11.2. The summed E-state index contributed by atoms with van der Waals surface area (Å²) in [5.41, 5.74) is 0. The van der Waals surface area contributed by atoms with E-state index in [0.29, 0.717) is 12.2 Å². The van der Waals surface area contributed by atoms with E-state index in [-0.39, 0.29) is 5.92 Å². The van der Waals surface area contributed by atoms with Gasteiger partial charge in [0.15, 0.2) is 0 Å². The van der Waals surface area contributed by atoms with Crippen molar-refractivity contribution in [3.05, 3.63) is 24.3 Å². The topological polar surface area (TPSA) is 17.1 Å². The van der Waals surface area contributed by atoms with Crippen molar-refractivity contribution < 1.29 is 4.79 Å². The third-order valence-corrected chi connectivity index (χ3v) is 2.10. The molecule has 0 fully saturated rings. The second-order valence-corrected chi connectivity index (χ2v) is 3.78. The molecule has 0 saturated heterocycles. The lowest BCUT2D eigenvalue weighted by Gasteiger charge is -2.00. The first-order chi connectivity index (χ1) is 6.68. The Balaban J connectivity index is 3.39. The van der Waals surface area contributed by atoms with Gasteiger partial charge in [0.05, 0.1) is 0 Å². The van der Waals surface area contributed by atoms with E-state index in [4.69, 9.17) is 0 Å². The Labute approximate surface area is 87.9 Å². The van der Waals surface area contributed by atoms with Crippen LogP contribution in [0.4, 0.5) is 0 Å². The zero-order valence-corrected chi connectivity index (χ0v) is 9.62. The Hall–Kier alpha value is -0.850. The molecule has 0 N–H and O–H groups in total. The van der Waals surface area contributed by atoms with Gasteiger partial charge in [-0.2, -0.15) is 0 Å². The summed E-state index contributed by atoms with van der Waals surface area (Å²) >= 11 is 0. The van der Waals surface area contributed by atoms with Crippen LogP contribution in [0.15, 0.2) is 24.3 Å². The number of rotatable bonds is 7. The predicted molar refractivity (Wildman–Crippen MR) is 62.3 cm³/mol. The van der Waals surface area contributed by atoms with Crippen molar-refractivity contribution in [2.45, 2.75) is 46.5 Å². The number of hydrogen-bond acceptors (Lipinski definition) is 1. The number of hydrogen-bond donors (Lipinski definition) is 0. The van der Waals surface area contributed by atoms with Gasteiger partial charge in [-0.15, -0.1) is 0 Å². The highest BCUT2D eigenvalue weighted by Crippen LogP contribution is 2.03. The zero-order chi connectivity index (χ0) is 10.8. The Morgan fingerprint density at radius 1 is 1.07 bits per heavy atom. The molecule has 0 spiro atoms. The molecule has 0 aliphatic rings. The lowest BCUT2D eigenvalue weighted by atomic mass is 10.0. The van der Waals surface area contributed by atoms with Gasteiger partial charge in [0.25, 0.3) is 0 Å². The molecule has 1 nitrogen and oxygen atoms in total. The van der Waals surface area contributed by atoms with Gasteiger partial charge >= 0.3 is 0 Å². The maximum Gasteiger partial charge on any atom is 0.135 e. The quantitative estimate of drug-likeness (QED) is 0.443. The van der Waals surface area contributed by atoms with E-state index < -0.39 is 0 Å². The highest BCUT2D eigenvalue weighted by molar-refractivity contribution is 5.80. The Morgan fingerprint density at radius 2 is 1.64 bits per heavy atom. The summed E-state index contributed by atoms with van der Waals surface area (Å²) in [4.78, 5) is 11.2. The molecule has 80 valence electrons. The minimum atomic E-state index is 0.187. The molecule has 1 heteroatoms. The smallest absolute Gasteiger partial charge is 0.135 e. The molecule has 0 saturated carbocycles. The number of ketones is 1. The first-order valence-corrected chi connectivity index (χ1v) is 5.47. The Kier molecular flexibility index (Phi) is 8.20. The molecule has 0 aromatic heterocycles. The molecule has 0 unspecified atom stereocenters. The van der Waals surface area contributed by atoms with Gasteiger partial charge in [0.1, 0.15) is 5.78 Å². The summed E-state index contributed by atoms with van der Waals surface area (Å²) in [6.07, 6.45) is 12.3. The lowest BCUT2D eigenvalue weighted by molar-refractivity contribution is -0.121. The van der Waals surface area contributed by atoms with Crippen molar-refractivity contribution in [1.82, 2.24) is 0 Å². The van der Waals surface area contributed by atoms with E-state index in [1.54, 1.807) is 0 Å². The van der Waals surface area contributed by atoms with Crippen LogP contribution in [0.1, 0.15) is 46.5 Å². The fourth-order valence-corrected chi connectivity index (χ4v) is 1.11. The van der Waals surface area contributed by atoms with Crippen molar-refractivity contribution in [3.8, 4) is 0 Å². The molecule has 0 bridgehead atoms. The summed E-state index contributed by atoms with van der Waals surface area (Å²) in [6.45, 7) is 5.95. The highest BCUT2D eigenvalue weighted by atomic mass is 16.1. The van der Waals surface area contributed by atoms with Crippen LogP contribution in [0.2, 0.25) is 0 Å². The van der Waals surface area contributed by atoms with Gasteiger partial charge in [-0.05, 0) is 26.2 Å². The van der Waals surface area contributed by atoms with E-state index in [0.717, 1.165) is 19.3 Å². The van der Waals surface area contributed by atoms with Crippen molar-refractivity contribution in [1.29, 1.82) is 0 Å². The maximum atomic E-state index is 11.2. The Bertz CT molecular complexity index is 199. The standard InChI is InChI=1S/C13H22O/c1-4-5-6-7-8-9-10-11-13(14)12(2)3/h4-5,8-9,12H,6-7,10-11H2,1-3H3. The van der Waals surface area contributed by atoms with Crippen LogP contribution < -0.4 is 0 Å². The predicted octanol–water partition coefficient (Wildman–Crippen LogP) is 3.90. The highest BCUT2D eigenvalue weighted by Gasteiger charge is 2.04. The van der Waals surface area contributed by atoms with Crippen molar-refractivity contribution >= 4 is 5.78 Å². The van der Waals surface area contributed by atoms with E-state index in [2.05, 4.69) is 24.3 Å². The summed E-state index contributed by atoms with van der Waals surface area (Å²) in [5.74, 6) is 0.550. The van der Waals surface area contributed by atoms with Gasteiger partial charge in [-0.1, -0.05) is 38.2 Å². The van der Waals surface area contributed by atoms with E-state index in [9.17, 15) is 4.79 Å². The summed E-state index contributed by atoms with van der Waals surface area (Å²) < 4.78 is 0. The normalized spacial score (nSPS) is 12.0. The first-order valence-electron chi connectivity index (χ1n) is 5.47. The molecule has 0 heterocycles. The molecule has 0 aliphatic carbocycles. The molecule has 0 amide bonds. The Morgan fingerprint density at radius 3 is 2.21 bits per heavy atom. The molecular formula is C13H22O. The number of Topliss-reactive ketones (excluding diaryl/α,β-unsaturated/α-hetero) is 1. The minimum Gasteiger partial charge on any atom is -0.299 e. The summed E-state index contributed by atoms with van der Waals surface area (Å²) in [7, 11) is 0. The van der Waals surface area contributed by atoms with Crippen molar-refractivity contribution in [2.24, 2.45) is 5.92 Å². The summed E-state index contributed by atoms with van der Waals surface area (Å²) in [6, 6.07) is 0. The monoisotopic (exact) mass is 194 g/mol. The van der Waals surface area contributed by atoms with Crippen LogP contribution in [-0.4, -0.2) is 5.78 Å². The molecule has 0 atom stereocenters. The van der Waals surface area contributed by atoms with Gasteiger partial charge in [0, 0.05) is 12.3 Å². The van der Waals surface area contributed by atoms with Crippen molar-refractivity contribution in [3.63, 3.8) is 0 Å². The van der Waals surface area contributed by atoms with Crippen molar-refractivity contribution in [2.75, 3.05) is 0 Å². The first kappa shape index (κ1) is 13.2. The van der Waals surface area contributed by atoms with Crippen LogP contribution >= 0.6 is 0 Å². The molecule has 14 heavy (non-hydrogen) atoms. The molecule has 0 aromatic carbocycles. The molecular weight excluding hydrogens is 172 g/mol. The largest absolute Gasteiger partial charge is 0.299 e.